The van der Waals surface area contributed by atoms with Gasteiger partial charge in [-0.2, -0.15) is 5.26 Å². The predicted octanol–water partition coefficient (Wildman–Crippen LogP) is 2.85. The number of aromatic hydroxyl groups is 1. The first-order valence-corrected chi connectivity index (χ1v) is 6.46. The van der Waals surface area contributed by atoms with Crippen molar-refractivity contribution in [3.8, 4) is 11.8 Å². The largest absolute Gasteiger partial charge is 0.508 e. The van der Waals surface area contributed by atoms with Gasteiger partial charge in [0.2, 0.25) is 0 Å². The summed E-state index contributed by atoms with van der Waals surface area (Å²) < 4.78 is 0. The first-order valence-electron chi connectivity index (χ1n) is 6.46. The Labute approximate surface area is 131 Å². The van der Waals surface area contributed by atoms with Crippen LogP contribution in [0.25, 0.3) is 6.08 Å². The highest BCUT2D eigenvalue weighted by atomic mass is 16.6. The van der Waals surface area contributed by atoms with Crippen molar-refractivity contribution >= 4 is 23.4 Å². The minimum absolute atomic E-state index is 0.0515. The highest BCUT2D eigenvalue weighted by Crippen LogP contribution is 2.17. The molecule has 7 heteroatoms. The van der Waals surface area contributed by atoms with Gasteiger partial charge < -0.3 is 10.4 Å². The van der Waals surface area contributed by atoms with Gasteiger partial charge in [0.25, 0.3) is 11.6 Å². The number of nitro groups is 1. The molecular weight excluding hydrogens is 298 g/mol. The smallest absolute Gasteiger partial charge is 0.270 e. The van der Waals surface area contributed by atoms with Crippen molar-refractivity contribution in [3.63, 3.8) is 0 Å². The molecule has 0 bridgehead atoms. The summed E-state index contributed by atoms with van der Waals surface area (Å²) >= 11 is 0. The van der Waals surface area contributed by atoms with Gasteiger partial charge in [0.15, 0.2) is 0 Å². The number of nitro benzene ring substituents is 1. The second-order valence-corrected chi connectivity index (χ2v) is 4.52. The number of carbonyl (C=O) groups is 1. The van der Waals surface area contributed by atoms with E-state index in [1.165, 1.54) is 48.5 Å². The van der Waals surface area contributed by atoms with Crippen molar-refractivity contribution in [3.05, 3.63) is 69.8 Å². The van der Waals surface area contributed by atoms with Gasteiger partial charge in [-0.3, -0.25) is 14.9 Å². The Morgan fingerprint density at radius 1 is 1.26 bits per heavy atom. The third-order valence-corrected chi connectivity index (χ3v) is 2.88. The minimum atomic E-state index is -0.648. The molecule has 2 N–H and O–H groups in total. The van der Waals surface area contributed by atoms with Crippen LogP contribution in [0, 0.1) is 21.4 Å². The minimum Gasteiger partial charge on any atom is -0.508 e. The van der Waals surface area contributed by atoms with Crippen molar-refractivity contribution in [2.75, 3.05) is 5.32 Å². The highest BCUT2D eigenvalue weighted by molar-refractivity contribution is 6.09. The van der Waals surface area contributed by atoms with Crippen molar-refractivity contribution in [2.24, 2.45) is 0 Å². The van der Waals surface area contributed by atoms with Crippen LogP contribution in [0.4, 0.5) is 11.4 Å². The molecule has 0 unspecified atom stereocenters. The number of hydrogen-bond donors (Lipinski definition) is 2. The van der Waals surface area contributed by atoms with E-state index in [1.54, 1.807) is 12.1 Å². The average molecular weight is 309 g/mol. The monoisotopic (exact) mass is 309 g/mol. The molecule has 0 saturated heterocycles. The van der Waals surface area contributed by atoms with Crippen molar-refractivity contribution in [2.45, 2.75) is 0 Å². The Morgan fingerprint density at radius 2 is 1.96 bits per heavy atom. The third-order valence-electron chi connectivity index (χ3n) is 2.88. The number of amides is 1. The summed E-state index contributed by atoms with van der Waals surface area (Å²) in [6.45, 7) is 0. The van der Waals surface area contributed by atoms with E-state index in [0.29, 0.717) is 11.3 Å². The van der Waals surface area contributed by atoms with Gasteiger partial charge in [-0.25, -0.2) is 0 Å². The Morgan fingerprint density at radius 3 is 2.57 bits per heavy atom. The fourth-order valence-electron chi connectivity index (χ4n) is 1.79. The summed E-state index contributed by atoms with van der Waals surface area (Å²) in [5.74, 6) is -0.597. The molecule has 0 heterocycles. The SMILES string of the molecule is N#C/C(=C/c1cccc([N+](=O)[O-])c1)C(=O)Nc1ccc(O)cc1. The number of nitrogens with one attached hydrogen (secondary N) is 1. The molecule has 0 fully saturated rings. The molecule has 114 valence electrons. The van der Waals surface area contributed by atoms with Crippen LogP contribution in [0.2, 0.25) is 0 Å². The number of anilines is 1. The lowest BCUT2D eigenvalue weighted by Crippen LogP contribution is -2.13. The summed E-state index contributed by atoms with van der Waals surface area (Å²) in [7, 11) is 0. The molecule has 0 aliphatic rings. The zero-order valence-corrected chi connectivity index (χ0v) is 11.8. The van der Waals surface area contributed by atoms with Crippen LogP contribution >= 0.6 is 0 Å². The summed E-state index contributed by atoms with van der Waals surface area (Å²) in [4.78, 5) is 22.2. The first kappa shape index (κ1) is 15.7. The zero-order chi connectivity index (χ0) is 16.8. The summed E-state index contributed by atoms with van der Waals surface area (Å²) in [5.41, 5.74) is 0.457. The van der Waals surface area contributed by atoms with Crippen molar-refractivity contribution < 1.29 is 14.8 Å². The van der Waals surface area contributed by atoms with E-state index in [1.807, 2.05) is 0 Å². The van der Waals surface area contributed by atoms with Gasteiger partial charge in [0, 0.05) is 17.8 Å². The van der Waals surface area contributed by atoms with E-state index >= 15 is 0 Å². The Balaban J connectivity index is 2.23. The fourth-order valence-corrected chi connectivity index (χ4v) is 1.79. The summed E-state index contributed by atoms with van der Waals surface area (Å²) in [5, 5.41) is 31.5. The Kier molecular flexibility index (Phi) is 4.69. The lowest BCUT2D eigenvalue weighted by molar-refractivity contribution is -0.384. The van der Waals surface area contributed by atoms with Gasteiger partial charge in [0.05, 0.1) is 4.92 Å². The predicted molar refractivity (Wildman–Crippen MR) is 83.4 cm³/mol. The van der Waals surface area contributed by atoms with E-state index in [2.05, 4.69) is 5.32 Å². The van der Waals surface area contributed by atoms with Crippen LogP contribution in [-0.4, -0.2) is 15.9 Å². The van der Waals surface area contributed by atoms with Crippen molar-refractivity contribution in [1.29, 1.82) is 5.26 Å². The molecule has 0 aromatic heterocycles. The molecule has 23 heavy (non-hydrogen) atoms. The first-order chi connectivity index (χ1) is 11.0. The second-order valence-electron chi connectivity index (χ2n) is 4.52. The number of carbonyl (C=O) groups excluding carboxylic acids is 1. The number of hydrogen-bond acceptors (Lipinski definition) is 5. The van der Waals surface area contributed by atoms with Gasteiger partial charge in [-0.1, -0.05) is 12.1 Å². The molecule has 0 radical (unpaired) electrons. The van der Waals surface area contributed by atoms with Crippen LogP contribution < -0.4 is 5.32 Å². The molecule has 0 aliphatic carbocycles. The van der Waals surface area contributed by atoms with Crippen LogP contribution in [0.15, 0.2) is 54.1 Å². The molecular formula is C16H11N3O4. The fraction of sp³-hybridized carbons (Fsp3) is 0. The highest BCUT2D eigenvalue weighted by Gasteiger charge is 2.11. The van der Waals surface area contributed by atoms with Gasteiger partial charge >= 0.3 is 0 Å². The van der Waals surface area contributed by atoms with E-state index in [9.17, 15) is 20.0 Å². The molecule has 0 spiro atoms. The lowest BCUT2D eigenvalue weighted by atomic mass is 10.1. The number of rotatable bonds is 4. The van der Waals surface area contributed by atoms with Crippen molar-refractivity contribution in [1.82, 2.24) is 0 Å². The average Bonchev–Trinajstić information content (AvgIpc) is 2.55. The Hall–Kier alpha value is -3.66. The number of nitriles is 1. The number of benzene rings is 2. The number of nitrogens with zero attached hydrogens (tertiary/aromatic N) is 2. The molecule has 7 nitrogen and oxygen atoms in total. The van der Waals surface area contributed by atoms with E-state index in [4.69, 9.17) is 5.26 Å². The van der Waals surface area contributed by atoms with E-state index in [0.717, 1.165) is 0 Å². The molecule has 1 amide bonds. The molecule has 0 atom stereocenters. The number of phenols is 1. The van der Waals surface area contributed by atoms with Crippen LogP contribution in [0.3, 0.4) is 0 Å². The van der Waals surface area contributed by atoms with Gasteiger partial charge in [-0.15, -0.1) is 0 Å². The topological polar surface area (TPSA) is 116 Å². The molecule has 2 aromatic rings. The third kappa shape index (κ3) is 4.15. The molecule has 0 aliphatic heterocycles. The standard InChI is InChI=1S/C16H11N3O4/c17-10-12(8-11-2-1-3-14(9-11)19(22)23)16(21)18-13-4-6-15(20)7-5-13/h1-9,20H,(H,18,21)/b12-8-. The number of phenolic OH excluding ortho intramolecular Hbond substituents is 1. The van der Waals surface area contributed by atoms with Gasteiger partial charge in [0.1, 0.15) is 17.4 Å². The maximum atomic E-state index is 12.1. The molecule has 0 saturated carbocycles. The second kappa shape index (κ2) is 6.87. The molecule has 2 aromatic carbocycles. The zero-order valence-electron chi connectivity index (χ0n) is 11.8. The van der Waals surface area contributed by atoms with Crippen LogP contribution in [-0.2, 0) is 4.79 Å². The summed E-state index contributed by atoms with van der Waals surface area (Å²) in [6.07, 6.45) is 1.27. The van der Waals surface area contributed by atoms with Crippen LogP contribution in [0.5, 0.6) is 5.75 Å². The summed E-state index contributed by atoms with van der Waals surface area (Å²) in [6, 6.07) is 13.1. The lowest BCUT2D eigenvalue weighted by Gasteiger charge is -2.04. The molecule has 2 rings (SSSR count). The van der Waals surface area contributed by atoms with E-state index in [-0.39, 0.29) is 17.0 Å². The maximum absolute atomic E-state index is 12.1. The van der Waals surface area contributed by atoms with Crippen LogP contribution in [0.1, 0.15) is 5.56 Å². The maximum Gasteiger partial charge on any atom is 0.270 e. The quantitative estimate of drug-likeness (QED) is 0.296. The normalized spacial score (nSPS) is 10.7. The number of non-ortho nitro benzene ring substituents is 1. The van der Waals surface area contributed by atoms with E-state index < -0.39 is 10.8 Å². The van der Waals surface area contributed by atoms with Gasteiger partial charge in [-0.05, 0) is 35.9 Å². The Bertz CT molecular complexity index is 820.